The van der Waals surface area contributed by atoms with Crippen LogP contribution in [0.2, 0.25) is 0 Å². The lowest BCUT2D eigenvalue weighted by molar-refractivity contribution is 0.0481. The summed E-state index contributed by atoms with van der Waals surface area (Å²) in [6.45, 7) is 3.60. The molecule has 2 N–H and O–H groups in total. The molecule has 17 heavy (non-hydrogen) atoms. The number of pyridine rings is 1. The number of rotatable bonds is 2. The summed E-state index contributed by atoms with van der Waals surface area (Å²) >= 11 is 0. The first-order valence-electron chi connectivity index (χ1n) is 6.15. The van der Waals surface area contributed by atoms with E-state index < -0.39 is 5.60 Å². The first-order chi connectivity index (χ1) is 8.11. The molecule has 94 valence electrons. The average molecular weight is 236 g/mol. The summed E-state index contributed by atoms with van der Waals surface area (Å²) in [7, 11) is 0. The van der Waals surface area contributed by atoms with Gasteiger partial charge in [0.2, 0.25) is 0 Å². The van der Waals surface area contributed by atoms with Gasteiger partial charge in [-0.3, -0.25) is 0 Å². The van der Waals surface area contributed by atoms with E-state index in [4.69, 9.17) is 5.11 Å². The highest BCUT2D eigenvalue weighted by Crippen LogP contribution is 2.24. The third-order valence-corrected chi connectivity index (χ3v) is 3.34. The Morgan fingerprint density at radius 3 is 2.94 bits per heavy atom. The normalized spacial score (nSPS) is 25.7. The van der Waals surface area contributed by atoms with Gasteiger partial charge in [-0.25, -0.2) is 4.98 Å². The lowest BCUT2D eigenvalue weighted by atomic mass is 9.98. The van der Waals surface area contributed by atoms with Gasteiger partial charge in [-0.1, -0.05) is 6.07 Å². The van der Waals surface area contributed by atoms with Crippen molar-refractivity contribution in [2.75, 3.05) is 18.0 Å². The highest BCUT2D eigenvalue weighted by molar-refractivity contribution is 5.39. The van der Waals surface area contributed by atoms with E-state index in [2.05, 4.69) is 9.88 Å². The first kappa shape index (κ1) is 12.3. The molecule has 0 aliphatic carbocycles. The average Bonchev–Trinajstić information content (AvgIpc) is 2.50. The Bertz CT molecular complexity index is 379. The zero-order valence-corrected chi connectivity index (χ0v) is 10.3. The molecule has 1 atom stereocenters. The Balaban J connectivity index is 2.11. The van der Waals surface area contributed by atoms with Gasteiger partial charge in [0.15, 0.2) is 0 Å². The summed E-state index contributed by atoms with van der Waals surface area (Å²) in [6.07, 6.45) is 2.57. The lowest BCUT2D eigenvalue weighted by Crippen LogP contribution is -2.28. The molecule has 1 fully saturated rings. The molecule has 4 heteroatoms. The molecule has 0 amide bonds. The second-order valence-corrected chi connectivity index (χ2v) is 4.98. The van der Waals surface area contributed by atoms with Crippen molar-refractivity contribution in [3.8, 4) is 0 Å². The fourth-order valence-electron chi connectivity index (χ4n) is 2.22. The summed E-state index contributed by atoms with van der Waals surface area (Å²) in [5.41, 5.74) is 0.141. The minimum atomic E-state index is -0.552. The largest absolute Gasteiger partial charge is 0.390 e. The predicted molar refractivity (Wildman–Crippen MR) is 66.8 cm³/mol. The van der Waals surface area contributed by atoms with Gasteiger partial charge in [0.1, 0.15) is 5.82 Å². The van der Waals surface area contributed by atoms with E-state index in [1.165, 1.54) is 0 Å². The fraction of sp³-hybridized carbons (Fsp3) is 0.615. The molecule has 1 saturated heterocycles. The van der Waals surface area contributed by atoms with Crippen LogP contribution in [0.3, 0.4) is 0 Å². The molecule has 0 spiro atoms. The summed E-state index contributed by atoms with van der Waals surface area (Å²) < 4.78 is 0. The van der Waals surface area contributed by atoms with E-state index in [0.29, 0.717) is 5.69 Å². The fourth-order valence-corrected chi connectivity index (χ4v) is 2.22. The topological polar surface area (TPSA) is 56.6 Å². The van der Waals surface area contributed by atoms with Crippen LogP contribution in [0.15, 0.2) is 18.2 Å². The Labute approximate surface area is 102 Å². The van der Waals surface area contributed by atoms with Gasteiger partial charge in [-0.2, -0.15) is 0 Å². The van der Waals surface area contributed by atoms with Crippen molar-refractivity contribution >= 4 is 5.82 Å². The van der Waals surface area contributed by atoms with E-state index >= 15 is 0 Å². The van der Waals surface area contributed by atoms with Crippen molar-refractivity contribution in [1.82, 2.24) is 4.98 Å². The van der Waals surface area contributed by atoms with Crippen molar-refractivity contribution in [2.24, 2.45) is 0 Å². The van der Waals surface area contributed by atoms with Crippen molar-refractivity contribution in [1.29, 1.82) is 0 Å². The van der Waals surface area contributed by atoms with Crippen LogP contribution >= 0.6 is 0 Å². The quantitative estimate of drug-likeness (QED) is 0.813. The van der Waals surface area contributed by atoms with Crippen LogP contribution in [0.25, 0.3) is 0 Å². The van der Waals surface area contributed by atoms with Crippen LogP contribution in [-0.4, -0.2) is 33.9 Å². The monoisotopic (exact) mass is 236 g/mol. The SMILES string of the molecule is CC1(O)CCCN(c2cccc(CO)n2)CC1. The summed E-state index contributed by atoms with van der Waals surface area (Å²) in [5, 5.41) is 19.1. The van der Waals surface area contributed by atoms with Gasteiger partial charge in [-0.15, -0.1) is 0 Å². The van der Waals surface area contributed by atoms with Crippen LogP contribution < -0.4 is 4.90 Å². The summed E-state index contributed by atoms with van der Waals surface area (Å²) in [5.74, 6) is 0.897. The van der Waals surface area contributed by atoms with Gasteiger partial charge in [-0.05, 0) is 38.3 Å². The molecule has 4 nitrogen and oxygen atoms in total. The second kappa shape index (κ2) is 5.02. The molecule has 0 radical (unpaired) electrons. The number of nitrogens with zero attached hydrogens (tertiary/aromatic N) is 2. The Morgan fingerprint density at radius 2 is 2.18 bits per heavy atom. The maximum atomic E-state index is 10.0. The van der Waals surface area contributed by atoms with Crippen molar-refractivity contribution in [3.05, 3.63) is 23.9 Å². The minimum Gasteiger partial charge on any atom is -0.390 e. The van der Waals surface area contributed by atoms with E-state index in [-0.39, 0.29) is 6.61 Å². The minimum absolute atomic E-state index is 0.0284. The summed E-state index contributed by atoms with van der Waals surface area (Å²) in [4.78, 5) is 6.58. The van der Waals surface area contributed by atoms with Crippen LogP contribution in [0.1, 0.15) is 31.9 Å². The second-order valence-electron chi connectivity index (χ2n) is 4.98. The molecular weight excluding hydrogens is 216 g/mol. The van der Waals surface area contributed by atoms with Crippen LogP contribution in [0, 0.1) is 0 Å². The van der Waals surface area contributed by atoms with Crippen molar-refractivity contribution < 1.29 is 10.2 Å². The lowest BCUT2D eigenvalue weighted by Gasteiger charge is -2.23. The van der Waals surface area contributed by atoms with Crippen molar-refractivity contribution in [2.45, 2.75) is 38.4 Å². The molecule has 1 aromatic rings. The molecule has 0 saturated carbocycles. The zero-order chi connectivity index (χ0) is 12.3. The van der Waals surface area contributed by atoms with Gasteiger partial charge in [0, 0.05) is 13.1 Å². The van der Waals surface area contributed by atoms with E-state index in [0.717, 1.165) is 38.2 Å². The van der Waals surface area contributed by atoms with E-state index in [1.807, 2.05) is 25.1 Å². The highest BCUT2D eigenvalue weighted by Gasteiger charge is 2.25. The van der Waals surface area contributed by atoms with E-state index in [1.54, 1.807) is 0 Å². The molecule has 0 aromatic carbocycles. The van der Waals surface area contributed by atoms with Crippen LogP contribution in [-0.2, 0) is 6.61 Å². The van der Waals surface area contributed by atoms with E-state index in [9.17, 15) is 5.11 Å². The molecule has 0 bridgehead atoms. The summed E-state index contributed by atoms with van der Waals surface area (Å²) in [6, 6.07) is 5.69. The number of aliphatic hydroxyl groups excluding tert-OH is 1. The van der Waals surface area contributed by atoms with Gasteiger partial charge < -0.3 is 15.1 Å². The number of hydrogen-bond donors (Lipinski definition) is 2. The standard InChI is InChI=1S/C13H20N2O2/c1-13(17)6-3-8-15(9-7-13)12-5-2-4-11(10-16)14-12/h2,4-5,16-17H,3,6-10H2,1H3. The number of anilines is 1. The third-order valence-electron chi connectivity index (χ3n) is 3.34. The smallest absolute Gasteiger partial charge is 0.128 e. The van der Waals surface area contributed by atoms with Crippen molar-refractivity contribution in [3.63, 3.8) is 0 Å². The Kier molecular flexibility index (Phi) is 3.64. The third kappa shape index (κ3) is 3.17. The molecule has 1 unspecified atom stereocenters. The van der Waals surface area contributed by atoms with Crippen LogP contribution in [0.4, 0.5) is 5.82 Å². The highest BCUT2D eigenvalue weighted by atomic mass is 16.3. The Hall–Kier alpha value is -1.13. The van der Waals surface area contributed by atoms with Gasteiger partial charge in [0.25, 0.3) is 0 Å². The number of aliphatic hydroxyl groups is 2. The van der Waals surface area contributed by atoms with Gasteiger partial charge >= 0.3 is 0 Å². The zero-order valence-electron chi connectivity index (χ0n) is 10.3. The predicted octanol–water partition coefficient (Wildman–Crippen LogP) is 1.32. The maximum Gasteiger partial charge on any atom is 0.128 e. The molecule has 1 aliphatic heterocycles. The number of hydrogen-bond acceptors (Lipinski definition) is 4. The molecule has 1 aliphatic rings. The van der Waals surface area contributed by atoms with Crippen LogP contribution in [0.5, 0.6) is 0 Å². The molecular formula is C13H20N2O2. The maximum absolute atomic E-state index is 10.0. The van der Waals surface area contributed by atoms with Gasteiger partial charge in [0.05, 0.1) is 17.9 Å². The molecule has 2 rings (SSSR count). The molecule has 2 heterocycles. The first-order valence-corrected chi connectivity index (χ1v) is 6.15. The molecule has 1 aromatic heterocycles. The number of aromatic nitrogens is 1. The Morgan fingerprint density at radius 1 is 1.35 bits per heavy atom.